The third-order valence-corrected chi connectivity index (χ3v) is 0.812. The molecule has 5 nitrogen and oxygen atoms in total. The molecule has 0 aliphatic carbocycles. The molecule has 1 aromatic rings. The summed E-state index contributed by atoms with van der Waals surface area (Å²) in [5.41, 5.74) is 0. The van der Waals surface area contributed by atoms with Crippen molar-refractivity contribution in [3.63, 3.8) is 0 Å². The van der Waals surface area contributed by atoms with Crippen LogP contribution in [-0.2, 0) is 0 Å². The number of hydrogen-bond acceptors (Lipinski definition) is 4. The lowest BCUT2D eigenvalue weighted by molar-refractivity contribution is -0.401. The van der Waals surface area contributed by atoms with Crippen LogP contribution < -0.4 is 0 Å². The van der Waals surface area contributed by atoms with E-state index in [1.165, 1.54) is 18.7 Å². The highest BCUT2D eigenvalue weighted by Gasteiger charge is 1.90. The van der Waals surface area contributed by atoms with Gasteiger partial charge in [0.15, 0.2) is 12.2 Å². The zero-order chi connectivity index (χ0) is 7.40. The van der Waals surface area contributed by atoms with Crippen LogP contribution in [0.15, 0.2) is 23.2 Å². The molecule has 0 spiro atoms. The van der Waals surface area contributed by atoms with Crippen molar-refractivity contribution in [1.29, 1.82) is 0 Å². The maximum Gasteiger partial charge on any atom is 0.238 e. The van der Waals surface area contributed by atoms with Crippen LogP contribution in [-0.4, -0.2) is 9.91 Å². The van der Waals surface area contributed by atoms with E-state index in [1.54, 1.807) is 0 Å². The van der Waals surface area contributed by atoms with E-state index >= 15 is 0 Å². The van der Waals surface area contributed by atoms with Crippen LogP contribution in [0.2, 0.25) is 0 Å². The van der Waals surface area contributed by atoms with Gasteiger partial charge in [-0.05, 0) is 0 Å². The second-order valence-electron chi connectivity index (χ2n) is 1.50. The molecule has 0 aromatic carbocycles. The molecule has 5 heteroatoms. The van der Waals surface area contributed by atoms with E-state index in [4.69, 9.17) is 0 Å². The third kappa shape index (κ3) is 1.70. The van der Waals surface area contributed by atoms with Gasteiger partial charge in [-0.2, -0.15) is 0 Å². The molecule has 0 amide bonds. The molecule has 0 radical (unpaired) electrons. The van der Waals surface area contributed by atoms with E-state index in [1.807, 2.05) is 0 Å². The maximum atomic E-state index is 9.75. The molecular weight excluding hydrogens is 136 g/mol. The summed E-state index contributed by atoms with van der Waals surface area (Å²) >= 11 is 0. The highest BCUT2D eigenvalue weighted by atomic mass is 16.6. The first-order chi connectivity index (χ1) is 4.79. The molecule has 0 fully saturated rings. The summed E-state index contributed by atoms with van der Waals surface area (Å²) in [5, 5.41) is 9.75. The Hall–Kier alpha value is -1.65. The van der Waals surface area contributed by atoms with Crippen LogP contribution in [0.4, 0.5) is 0 Å². The van der Waals surface area contributed by atoms with Crippen molar-refractivity contribution in [1.82, 2.24) is 4.98 Å². The largest absolute Gasteiger partial charge is 0.444 e. The smallest absolute Gasteiger partial charge is 0.238 e. The molecule has 10 heavy (non-hydrogen) atoms. The molecule has 0 unspecified atom stereocenters. The van der Waals surface area contributed by atoms with Crippen LogP contribution in [0.1, 0.15) is 5.76 Å². The minimum absolute atomic E-state index is 0.372. The van der Waals surface area contributed by atoms with E-state index in [-0.39, 0.29) is 0 Å². The van der Waals surface area contributed by atoms with Gasteiger partial charge in [-0.3, -0.25) is 10.1 Å². The number of rotatable bonds is 2. The molecule has 1 rings (SSSR count). The molecule has 1 aromatic heterocycles. The average Bonchev–Trinajstić information content (AvgIpc) is 2.34. The number of nitrogens with zero attached hydrogens (tertiary/aromatic N) is 2. The van der Waals surface area contributed by atoms with Gasteiger partial charge in [0.1, 0.15) is 0 Å². The summed E-state index contributed by atoms with van der Waals surface area (Å²) < 4.78 is 4.68. The second-order valence-corrected chi connectivity index (χ2v) is 1.50. The first-order valence-electron chi connectivity index (χ1n) is 2.49. The van der Waals surface area contributed by atoms with Gasteiger partial charge in [0.25, 0.3) is 0 Å². The van der Waals surface area contributed by atoms with Gasteiger partial charge in [0.05, 0.1) is 17.2 Å². The zero-order valence-corrected chi connectivity index (χ0v) is 4.93. The molecule has 0 saturated heterocycles. The Morgan fingerprint density at radius 1 is 1.80 bits per heavy atom. The maximum absolute atomic E-state index is 9.75. The van der Waals surface area contributed by atoms with Crippen LogP contribution in [0.5, 0.6) is 0 Å². The van der Waals surface area contributed by atoms with Gasteiger partial charge in [-0.15, -0.1) is 0 Å². The van der Waals surface area contributed by atoms with Crippen molar-refractivity contribution >= 4 is 6.08 Å². The van der Waals surface area contributed by atoms with Crippen LogP contribution >= 0.6 is 0 Å². The van der Waals surface area contributed by atoms with E-state index < -0.39 is 4.92 Å². The SMILES string of the molecule is O=[N+]([O-])/C=C/c1cnco1. The fourth-order valence-electron chi connectivity index (χ4n) is 0.442. The van der Waals surface area contributed by atoms with E-state index in [2.05, 4.69) is 9.40 Å². The summed E-state index contributed by atoms with van der Waals surface area (Å²) in [6.45, 7) is 0. The number of oxazole rings is 1. The standard InChI is InChI=1S/C5H4N2O3/c8-7(9)2-1-5-3-6-4-10-5/h1-4H/b2-1+. The fraction of sp³-hybridized carbons (Fsp3) is 0. The summed E-state index contributed by atoms with van der Waals surface area (Å²) in [4.78, 5) is 12.7. The summed E-state index contributed by atoms with van der Waals surface area (Å²) in [5.74, 6) is 0.372. The van der Waals surface area contributed by atoms with Crippen molar-refractivity contribution in [2.75, 3.05) is 0 Å². The Kier molecular flexibility index (Phi) is 1.79. The second kappa shape index (κ2) is 2.77. The monoisotopic (exact) mass is 140 g/mol. The normalized spacial score (nSPS) is 10.4. The van der Waals surface area contributed by atoms with E-state index in [0.29, 0.717) is 5.76 Å². The quantitative estimate of drug-likeness (QED) is 0.452. The molecule has 0 bridgehead atoms. The van der Waals surface area contributed by atoms with Crippen molar-refractivity contribution in [3.05, 3.63) is 34.7 Å². The Bertz CT molecular complexity index is 239. The third-order valence-electron chi connectivity index (χ3n) is 0.812. The first-order valence-corrected chi connectivity index (χ1v) is 2.49. The Morgan fingerprint density at radius 2 is 2.60 bits per heavy atom. The van der Waals surface area contributed by atoms with Crippen LogP contribution in [0.3, 0.4) is 0 Å². The average molecular weight is 140 g/mol. The first kappa shape index (κ1) is 6.47. The van der Waals surface area contributed by atoms with Crippen molar-refractivity contribution in [2.24, 2.45) is 0 Å². The van der Waals surface area contributed by atoms with Gasteiger partial charge < -0.3 is 4.42 Å². The lowest BCUT2D eigenvalue weighted by Gasteiger charge is -1.76. The van der Waals surface area contributed by atoms with Gasteiger partial charge in [-0.25, -0.2) is 4.98 Å². The molecule has 52 valence electrons. The van der Waals surface area contributed by atoms with Crippen molar-refractivity contribution < 1.29 is 9.34 Å². The molecule has 0 aliphatic heterocycles. The summed E-state index contributed by atoms with van der Waals surface area (Å²) in [6.07, 6.45) is 4.62. The predicted molar refractivity (Wildman–Crippen MR) is 32.5 cm³/mol. The predicted octanol–water partition coefficient (Wildman–Crippen LogP) is 0.922. The fourth-order valence-corrected chi connectivity index (χ4v) is 0.442. The molecular formula is C5H4N2O3. The highest BCUT2D eigenvalue weighted by molar-refractivity contribution is 5.38. The molecule has 0 saturated carbocycles. The van der Waals surface area contributed by atoms with Crippen molar-refractivity contribution in [3.8, 4) is 0 Å². The summed E-state index contributed by atoms with van der Waals surface area (Å²) in [6, 6.07) is 0. The van der Waals surface area contributed by atoms with E-state index in [9.17, 15) is 10.1 Å². The molecule has 1 heterocycles. The molecule has 0 aliphatic rings. The van der Waals surface area contributed by atoms with Gasteiger partial charge in [0.2, 0.25) is 6.20 Å². The highest BCUT2D eigenvalue weighted by Crippen LogP contribution is 1.98. The minimum atomic E-state index is -0.567. The van der Waals surface area contributed by atoms with E-state index in [0.717, 1.165) is 6.20 Å². The zero-order valence-electron chi connectivity index (χ0n) is 4.93. The van der Waals surface area contributed by atoms with Crippen LogP contribution in [0, 0.1) is 10.1 Å². The molecule has 0 atom stereocenters. The topological polar surface area (TPSA) is 69.2 Å². The minimum Gasteiger partial charge on any atom is -0.444 e. The van der Waals surface area contributed by atoms with Crippen LogP contribution in [0.25, 0.3) is 6.08 Å². The van der Waals surface area contributed by atoms with Gasteiger partial charge in [0, 0.05) is 0 Å². The Labute approximate surface area is 56.1 Å². The summed E-state index contributed by atoms with van der Waals surface area (Å²) in [7, 11) is 0. The van der Waals surface area contributed by atoms with Crippen molar-refractivity contribution in [2.45, 2.75) is 0 Å². The lowest BCUT2D eigenvalue weighted by atomic mass is 10.5. The van der Waals surface area contributed by atoms with Gasteiger partial charge in [-0.1, -0.05) is 0 Å². The number of aromatic nitrogens is 1. The number of hydrogen-bond donors (Lipinski definition) is 0. The Balaban J connectivity index is 2.64. The number of nitro groups is 1. The lowest BCUT2D eigenvalue weighted by Crippen LogP contribution is -1.80. The van der Waals surface area contributed by atoms with Gasteiger partial charge >= 0.3 is 0 Å². The Morgan fingerprint density at radius 3 is 3.10 bits per heavy atom. The molecule has 0 N–H and O–H groups in total.